The molecule has 3 rings (SSSR count). The van der Waals surface area contributed by atoms with Gasteiger partial charge in [-0.05, 0) is 24.3 Å². The zero-order valence-corrected chi connectivity index (χ0v) is 17.0. The second kappa shape index (κ2) is 8.41. The van der Waals surface area contributed by atoms with Crippen LogP contribution in [0.5, 0.6) is 11.5 Å². The highest BCUT2D eigenvalue weighted by Gasteiger charge is 2.33. The predicted molar refractivity (Wildman–Crippen MR) is 100.0 cm³/mol. The first-order chi connectivity index (χ1) is 13.5. The van der Waals surface area contributed by atoms with Gasteiger partial charge in [-0.1, -0.05) is 27.5 Å². The van der Waals surface area contributed by atoms with Crippen LogP contribution in [0.4, 0.5) is 32.0 Å². The van der Waals surface area contributed by atoms with Crippen molar-refractivity contribution in [2.45, 2.75) is 12.7 Å². The highest BCUT2D eigenvalue weighted by Crippen LogP contribution is 2.39. The summed E-state index contributed by atoms with van der Waals surface area (Å²) >= 11 is 9.97. The SMILES string of the molecule is Fc1cc(C(F)(F)F)cc(F)c1Oc1c(F)cc(Br)cc1NCc1cnc(Cl)s1. The van der Waals surface area contributed by atoms with Crippen LogP contribution < -0.4 is 10.1 Å². The minimum absolute atomic E-state index is 0.0000883. The van der Waals surface area contributed by atoms with E-state index in [0.29, 0.717) is 9.35 Å². The Morgan fingerprint density at radius 2 is 1.66 bits per heavy atom. The Morgan fingerprint density at radius 1 is 1.03 bits per heavy atom. The van der Waals surface area contributed by atoms with Crippen LogP contribution >= 0.6 is 38.9 Å². The highest BCUT2D eigenvalue weighted by molar-refractivity contribution is 9.10. The number of alkyl halides is 3. The van der Waals surface area contributed by atoms with Gasteiger partial charge in [0.25, 0.3) is 0 Å². The first kappa shape index (κ1) is 21.7. The van der Waals surface area contributed by atoms with Crippen LogP contribution in [0.1, 0.15) is 10.4 Å². The molecule has 1 N–H and O–H groups in total. The number of aromatic nitrogens is 1. The van der Waals surface area contributed by atoms with Crippen molar-refractivity contribution in [1.29, 1.82) is 0 Å². The van der Waals surface area contributed by atoms with Gasteiger partial charge in [-0.15, -0.1) is 11.3 Å². The van der Waals surface area contributed by atoms with Gasteiger partial charge in [0.1, 0.15) is 0 Å². The molecule has 0 saturated carbocycles. The molecule has 12 heteroatoms. The lowest BCUT2D eigenvalue weighted by atomic mass is 10.2. The summed E-state index contributed by atoms with van der Waals surface area (Å²) in [5.41, 5.74) is -1.53. The molecule has 0 aliphatic carbocycles. The summed E-state index contributed by atoms with van der Waals surface area (Å²) in [6.07, 6.45) is -3.48. The van der Waals surface area contributed by atoms with Crippen LogP contribution in [-0.2, 0) is 12.7 Å². The van der Waals surface area contributed by atoms with Gasteiger partial charge in [-0.3, -0.25) is 0 Å². The van der Waals surface area contributed by atoms with E-state index in [-0.39, 0.29) is 28.8 Å². The Kier molecular flexibility index (Phi) is 6.30. The summed E-state index contributed by atoms with van der Waals surface area (Å²) in [5.74, 6) is -6.01. The average Bonchev–Trinajstić information content (AvgIpc) is 3.02. The smallest absolute Gasteiger partial charge is 0.416 e. The molecule has 3 aromatic rings. The van der Waals surface area contributed by atoms with Gasteiger partial charge in [0.2, 0.25) is 0 Å². The molecule has 0 aliphatic heterocycles. The third-order valence-electron chi connectivity index (χ3n) is 3.52. The van der Waals surface area contributed by atoms with Crippen LogP contribution in [0.15, 0.2) is 34.9 Å². The molecule has 0 saturated heterocycles. The van der Waals surface area contributed by atoms with Gasteiger partial charge in [-0.25, -0.2) is 18.2 Å². The van der Waals surface area contributed by atoms with Crippen molar-refractivity contribution < 1.29 is 31.1 Å². The molecule has 0 atom stereocenters. The highest BCUT2D eigenvalue weighted by atomic mass is 79.9. The Hall–Kier alpha value is -1.98. The predicted octanol–water partition coefficient (Wildman–Crippen LogP) is 7.40. The van der Waals surface area contributed by atoms with Gasteiger partial charge in [0.05, 0.1) is 17.8 Å². The fourth-order valence-electron chi connectivity index (χ4n) is 2.27. The molecule has 0 radical (unpaired) electrons. The van der Waals surface area contributed by atoms with E-state index >= 15 is 0 Å². The first-order valence-electron chi connectivity index (χ1n) is 7.62. The van der Waals surface area contributed by atoms with E-state index in [1.807, 2.05) is 0 Å². The molecule has 29 heavy (non-hydrogen) atoms. The van der Waals surface area contributed by atoms with Crippen molar-refractivity contribution in [2.24, 2.45) is 0 Å². The summed E-state index contributed by atoms with van der Waals surface area (Å²) < 4.78 is 86.2. The van der Waals surface area contributed by atoms with Gasteiger partial charge >= 0.3 is 6.18 Å². The Bertz CT molecular complexity index is 1040. The van der Waals surface area contributed by atoms with Crippen LogP contribution in [0.25, 0.3) is 0 Å². The number of nitrogens with one attached hydrogen (secondary N) is 1. The minimum atomic E-state index is -4.95. The van der Waals surface area contributed by atoms with Crippen molar-refractivity contribution in [3.8, 4) is 11.5 Å². The number of rotatable bonds is 5. The zero-order valence-electron chi connectivity index (χ0n) is 13.9. The molecule has 0 amide bonds. The molecule has 3 nitrogen and oxygen atoms in total. The summed E-state index contributed by atoms with van der Waals surface area (Å²) in [5, 5.41) is 2.81. The zero-order chi connectivity index (χ0) is 21.3. The number of thiazole rings is 1. The molecule has 2 aromatic carbocycles. The third kappa shape index (κ3) is 5.14. The number of nitrogens with zero attached hydrogens (tertiary/aromatic N) is 1. The lowest BCUT2D eigenvalue weighted by Gasteiger charge is -2.16. The Labute approximate surface area is 177 Å². The number of hydrogen-bond acceptors (Lipinski definition) is 4. The van der Waals surface area contributed by atoms with Gasteiger partial charge in [0.15, 0.2) is 33.4 Å². The summed E-state index contributed by atoms with van der Waals surface area (Å²) in [6, 6.07) is 2.49. The average molecular weight is 518 g/mol. The Balaban J connectivity index is 1.94. The molecule has 1 aromatic heterocycles. The number of anilines is 1. The molecule has 0 fully saturated rings. The summed E-state index contributed by atoms with van der Waals surface area (Å²) in [6.45, 7) is 0.134. The number of halogens is 8. The van der Waals surface area contributed by atoms with E-state index in [0.717, 1.165) is 17.4 Å². The number of hydrogen-bond donors (Lipinski definition) is 1. The maximum Gasteiger partial charge on any atom is 0.416 e. The summed E-state index contributed by atoms with van der Waals surface area (Å²) in [7, 11) is 0. The monoisotopic (exact) mass is 516 g/mol. The van der Waals surface area contributed by atoms with Crippen molar-refractivity contribution in [3.63, 3.8) is 0 Å². The minimum Gasteiger partial charge on any atom is -0.446 e. The molecule has 1 heterocycles. The van der Waals surface area contributed by atoms with Crippen molar-refractivity contribution >= 4 is 44.6 Å². The summed E-state index contributed by atoms with van der Waals surface area (Å²) in [4.78, 5) is 4.52. The maximum absolute atomic E-state index is 14.4. The lowest BCUT2D eigenvalue weighted by molar-refractivity contribution is -0.138. The van der Waals surface area contributed by atoms with Crippen LogP contribution in [0.2, 0.25) is 4.47 Å². The fraction of sp³-hybridized carbons (Fsp3) is 0.118. The fourth-order valence-corrected chi connectivity index (χ4v) is 3.61. The topological polar surface area (TPSA) is 34.1 Å². The molecule has 0 aliphatic rings. The van der Waals surface area contributed by atoms with E-state index in [2.05, 4.69) is 26.2 Å². The quantitative estimate of drug-likeness (QED) is 0.358. The van der Waals surface area contributed by atoms with Crippen molar-refractivity contribution in [1.82, 2.24) is 4.98 Å². The molecule has 0 bridgehead atoms. The van der Waals surface area contributed by atoms with Crippen LogP contribution in [-0.4, -0.2) is 4.98 Å². The molecule has 0 spiro atoms. The van der Waals surface area contributed by atoms with Gasteiger partial charge in [-0.2, -0.15) is 13.2 Å². The van der Waals surface area contributed by atoms with Crippen molar-refractivity contribution in [2.75, 3.05) is 5.32 Å². The van der Waals surface area contributed by atoms with Gasteiger partial charge in [0, 0.05) is 15.5 Å². The maximum atomic E-state index is 14.4. The van der Waals surface area contributed by atoms with E-state index in [9.17, 15) is 26.3 Å². The normalized spacial score (nSPS) is 11.6. The molecular weight excluding hydrogens is 510 g/mol. The third-order valence-corrected chi connectivity index (χ3v) is 5.09. The number of benzene rings is 2. The standard InChI is InChI=1S/C17H8BrClF6N2OS/c18-8-3-12(22)15(13(4-8)26-5-9-6-27-16(19)29-9)28-14-10(20)1-7(2-11(14)21)17(23,24)25/h1-4,6,26H,5H2. The van der Waals surface area contributed by atoms with Crippen LogP contribution in [0.3, 0.4) is 0 Å². The lowest BCUT2D eigenvalue weighted by Crippen LogP contribution is -2.08. The number of ether oxygens (including phenoxy) is 1. The largest absolute Gasteiger partial charge is 0.446 e. The Morgan fingerprint density at radius 3 is 2.21 bits per heavy atom. The van der Waals surface area contributed by atoms with E-state index in [1.165, 1.54) is 12.3 Å². The molecular formula is C17H8BrClF6N2OS. The van der Waals surface area contributed by atoms with E-state index in [1.54, 1.807) is 0 Å². The van der Waals surface area contributed by atoms with E-state index in [4.69, 9.17) is 16.3 Å². The second-order valence-corrected chi connectivity index (χ2v) is 8.18. The second-order valence-electron chi connectivity index (χ2n) is 5.57. The molecule has 154 valence electrons. The van der Waals surface area contributed by atoms with E-state index < -0.39 is 40.7 Å². The van der Waals surface area contributed by atoms with Gasteiger partial charge < -0.3 is 10.1 Å². The first-order valence-corrected chi connectivity index (χ1v) is 9.60. The van der Waals surface area contributed by atoms with Crippen LogP contribution in [0, 0.1) is 17.5 Å². The molecule has 0 unspecified atom stereocenters. The van der Waals surface area contributed by atoms with Crippen molar-refractivity contribution in [3.05, 3.63) is 67.3 Å².